The minimum atomic E-state index is -1.06. The van der Waals surface area contributed by atoms with Crippen LogP contribution in [0.3, 0.4) is 0 Å². The largest absolute Gasteiger partial charge is 0.480 e. The lowest BCUT2D eigenvalue weighted by atomic mass is 10.2. The summed E-state index contributed by atoms with van der Waals surface area (Å²) in [5.41, 5.74) is 0. The van der Waals surface area contributed by atoms with E-state index in [1.54, 1.807) is 0 Å². The van der Waals surface area contributed by atoms with Gasteiger partial charge in [-0.25, -0.2) is 4.79 Å². The lowest BCUT2D eigenvalue weighted by Crippen LogP contribution is -2.45. The van der Waals surface area contributed by atoms with Crippen molar-refractivity contribution in [2.75, 3.05) is 19.8 Å². The molecule has 1 atom stereocenters. The number of hydrogen-bond acceptors (Lipinski definition) is 3. The summed E-state index contributed by atoms with van der Waals surface area (Å²) in [6.45, 7) is 6.91. The molecular formula is C10H20N2O4. The van der Waals surface area contributed by atoms with Gasteiger partial charge >= 0.3 is 12.0 Å². The van der Waals surface area contributed by atoms with Crippen molar-refractivity contribution in [3.8, 4) is 0 Å². The lowest BCUT2D eigenvalue weighted by Gasteiger charge is -2.11. The van der Waals surface area contributed by atoms with E-state index in [0.29, 0.717) is 25.7 Å². The van der Waals surface area contributed by atoms with E-state index in [1.165, 1.54) is 6.92 Å². The third kappa shape index (κ3) is 8.05. The third-order valence-electron chi connectivity index (χ3n) is 1.70. The first-order valence-electron chi connectivity index (χ1n) is 5.28. The van der Waals surface area contributed by atoms with Crippen LogP contribution >= 0.6 is 0 Å². The van der Waals surface area contributed by atoms with Crippen molar-refractivity contribution in [3.63, 3.8) is 0 Å². The molecule has 0 aromatic carbocycles. The number of ether oxygens (including phenoxy) is 1. The summed E-state index contributed by atoms with van der Waals surface area (Å²) >= 11 is 0. The lowest BCUT2D eigenvalue weighted by molar-refractivity contribution is -0.138. The van der Waals surface area contributed by atoms with Gasteiger partial charge < -0.3 is 20.5 Å². The molecule has 0 bridgehead atoms. The maximum absolute atomic E-state index is 11.1. The third-order valence-corrected chi connectivity index (χ3v) is 1.70. The van der Waals surface area contributed by atoms with Crippen molar-refractivity contribution in [3.05, 3.63) is 0 Å². The number of carbonyl (C=O) groups excluding carboxylic acids is 1. The van der Waals surface area contributed by atoms with Crippen LogP contribution in [0.25, 0.3) is 0 Å². The Morgan fingerprint density at radius 3 is 2.44 bits per heavy atom. The highest BCUT2D eigenvalue weighted by Gasteiger charge is 2.12. The normalized spacial score (nSPS) is 12.2. The Bertz CT molecular complexity index is 231. The highest BCUT2D eigenvalue weighted by atomic mass is 16.5. The van der Waals surface area contributed by atoms with E-state index < -0.39 is 18.0 Å². The van der Waals surface area contributed by atoms with E-state index in [1.807, 2.05) is 13.8 Å². The van der Waals surface area contributed by atoms with Crippen LogP contribution in [-0.2, 0) is 9.53 Å². The van der Waals surface area contributed by atoms with Crippen molar-refractivity contribution in [1.82, 2.24) is 10.6 Å². The summed E-state index contributed by atoms with van der Waals surface area (Å²) in [7, 11) is 0. The second-order valence-corrected chi connectivity index (χ2v) is 3.93. The first-order chi connectivity index (χ1) is 7.43. The quantitative estimate of drug-likeness (QED) is 0.555. The number of carboxylic acid groups (broad SMARTS) is 1. The molecule has 0 aromatic heterocycles. The second kappa shape index (κ2) is 7.92. The highest BCUT2D eigenvalue weighted by molar-refractivity contribution is 5.82. The van der Waals surface area contributed by atoms with Gasteiger partial charge in [0.15, 0.2) is 0 Å². The maximum atomic E-state index is 11.1. The van der Waals surface area contributed by atoms with E-state index in [2.05, 4.69) is 10.6 Å². The molecule has 0 unspecified atom stereocenters. The number of carboxylic acids is 1. The molecule has 6 heteroatoms. The minimum absolute atomic E-state index is 0.366. The predicted molar refractivity (Wildman–Crippen MR) is 59.3 cm³/mol. The van der Waals surface area contributed by atoms with Crippen molar-refractivity contribution >= 4 is 12.0 Å². The minimum Gasteiger partial charge on any atom is -0.480 e. The molecule has 0 heterocycles. The van der Waals surface area contributed by atoms with Crippen molar-refractivity contribution in [1.29, 1.82) is 0 Å². The molecule has 6 nitrogen and oxygen atoms in total. The zero-order valence-electron chi connectivity index (χ0n) is 9.95. The Morgan fingerprint density at radius 1 is 1.31 bits per heavy atom. The van der Waals surface area contributed by atoms with Gasteiger partial charge in [0.25, 0.3) is 0 Å². The summed E-state index contributed by atoms with van der Waals surface area (Å²) < 4.78 is 5.24. The van der Waals surface area contributed by atoms with E-state index in [4.69, 9.17) is 9.84 Å². The number of hydrogen-bond donors (Lipinski definition) is 3. The van der Waals surface area contributed by atoms with Gasteiger partial charge in [-0.3, -0.25) is 4.79 Å². The molecule has 0 radical (unpaired) electrons. The monoisotopic (exact) mass is 232 g/mol. The van der Waals surface area contributed by atoms with Gasteiger partial charge in [0.05, 0.1) is 6.61 Å². The van der Waals surface area contributed by atoms with Crippen molar-refractivity contribution in [2.45, 2.75) is 26.8 Å². The van der Waals surface area contributed by atoms with Gasteiger partial charge in [0.2, 0.25) is 0 Å². The molecule has 0 saturated carbocycles. The predicted octanol–water partition coefficient (Wildman–Crippen LogP) is 0.431. The molecule has 0 aromatic rings. The fourth-order valence-electron chi connectivity index (χ4n) is 0.865. The molecule has 0 aliphatic rings. The van der Waals surface area contributed by atoms with Gasteiger partial charge in [0.1, 0.15) is 6.04 Å². The highest BCUT2D eigenvalue weighted by Crippen LogP contribution is 1.90. The number of aliphatic carboxylic acids is 1. The molecule has 2 amide bonds. The molecule has 3 N–H and O–H groups in total. The first kappa shape index (κ1) is 14.7. The Balaban J connectivity index is 3.48. The molecule has 0 aliphatic heterocycles. The fourth-order valence-corrected chi connectivity index (χ4v) is 0.865. The number of carbonyl (C=O) groups is 2. The van der Waals surface area contributed by atoms with E-state index in [-0.39, 0.29) is 0 Å². The zero-order chi connectivity index (χ0) is 12.6. The van der Waals surface area contributed by atoms with Crippen LogP contribution in [0.2, 0.25) is 0 Å². The second-order valence-electron chi connectivity index (χ2n) is 3.93. The van der Waals surface area contributed by atoms with Crippen LogP contribution < -0.4 is 10.6 Å². The summed E-state index contributed by atoms with van der Waals surface area (Å²) in [5.74, 6) is -0.605. The number of nitrogens with one attached hydrogen (secondary N) is 2. The number of amides is 2. The van der Waals surface area contributed by atoms with E-state index in [9.17, 15) is 9.59 Å². The van der Waals surface area contributed by atoms with Crippen LogP contribution in [0, 0.1) is 5.92 Å². The SMILES string of the molecule is CC(C)COCCNC(=O)N[C@@H](C)C(=O)O. The zero-order valence-corrected chi connectivity index (χ0v) is 9.95. The van der Waals surface area contributed by atoms with Crippen molar-refractivity contribution < 1.29 is 19.4 Å². The fraction of sp³-hybridized carbons (Fsp3) is 0.800. The Kier molecular flexibility index (Phi) is 7.28. The van der Waals surface area contributed by atoms with Crippen molar-refractivity contribution in [2.24, 2.45) is 5.92 Å². The molecule has 94 valence electrons. The Hall–Kier alpha value is -1.30. The van der Waals surface area contributed by atoms with Gasteiger partial charge in [0, 0.05) is 13.2 Å². The van der Waals surface area contributed by atoms with E-state index in [0.717, 1.165) is 0 Å². The summed E-state index contributed by atoms with van der Waals surface area (Å²) in [5, 5.41) is 13.3. The maximum Gasteiger partial charge on any atom is 0.325 e. The van der Waals surface area contributed by atoms with Gasteiger partial charge in [-0.2, -0.15) is 0 Å². The Morgan fingerprint density at radius 2 is 1.94 bits per heavy atom. The summed E-state index contributed by atoms with van der Waals surface area (Å²) in [6.07, 6.45) is 0. The van der Waals surface area contributed by atoms with Crippen LogP contribution in [0.1, 0.15) is 20.8 Å². The average molecular weight is 232 g/mol. The number of rotatable bonds is 7. The standard InChI is InChI=1S/C10H20N2O4/c1-7(2)6-16-5-4-11-10(15)12-8(3)9(13)14/h7-8H,4-6H2,1-3H3,(H,13,14)(H2,11,12,15)/t8-/m0/s1. The molecule has 16 heavy (non-hydrogen) atoms. The number of urea groups is 1. The molecule has 0 rings (SSSR count). The molecule has 0 spiro atoms. The molecule has 0 aliphatic carbocycles. The molecule has 0 fully saturated rings. The topological polar surface area (TPSA) is 87.7 Å². The first-order valence-corrected chi connectivity index (χ1v) is 5.28. The van der Waals surface area contributed by atoms with Gasteiger partial charge in [-0.15, -0.1) is 0 Å². The van der Waals surface area contributed by atoms with Gasteiger partial charge in [-0.05, 0) is 12.8 Å². The summed E-state index contributed by atoms with van der Waals surface area (Å²) in [6, 6.07) is -1.39. The molecular weight excluding hydrogens is 212 g/mol. The smallest absolute Gasteiger partial charge is 0.325 e. The average Bonchev–Trinajstić information content (AvgIpc) is 2.16. The molecule has 0 saturated heterocycles. The van der Waals surface area contributed by atoms with Gasteiger partial charge in [-0.1, -0.05) is 13.8 Å². The Labute approximate surface area is 95.4 Å². The van der Waals surface area contributed by atoms with Crippen LogP contribution in [-0.4, -0.2) is 42.9 Å². The van der Waals surface area contributed by atoms with Crippen LogP contribution in [0.4, 0.5) is 4.79 Å². The van der Waals surface area contributed by atoms with Crippen LogP contribution in [0.5, 0.6) is 0 Å². The van der Waals surface area contributed by atoms with Crippen LogP contribution in [0.15, 0.2) is 0 Å². The summed E-state index contributed by atoms with van der Waals surface area (Å²) in [4.78, 5) is 21.5. The van der Waals surface area contributed by atoms with E-state index >= 15 is 0 Å².